The van der Waals surface area contributed by atoms with Crippen LogP contribution in [0.3, 0.4) is 0 Å². The number of aromatic nitrogens is 2. The van der Waals surface area contributed by atoms with E-state index < -0.39 is 0 Å². The predicted octanol–water partition coefficient (Wildman–Crippen LogP) is 3.76. The van der Waals surface area contributed by atoms with Gasteiger partial charge in [0, 0.05) is 6.04 Å². The molecular formula is C11H10Cl2N2. The van der Waals surface area contributed by atoms with Gasteiger partial charge in [0.2, 0.25) is 0 Å². The molecule has 1 aliphatic carbocycles. The molecule has 1 aliphatic rings. The molecule has 2 aromatic rings. The van der Waals surface area contributed by atoms with Crippen molar-refractivity contribution in [3.8, 4) is 0 Å². The van der Waals surface area contributed by atoms with Crippen molar-refractivity contribution in [3.63, 3.8) is 0 Å². The van der Waals surface area contributed by atoms with Crippen molar-refractivity contribution in [2.24, 2.45) is 0 Å². The van der Waals surface area contributed by atoms with Crippen molar-refractivity contribution >= 4 is 34.2 Å². The molecule has 0 atom stereocenters. The Bertz CT molecular complexity index is 515. The summed E-state index contributed by atoms with van der Waals surface area (Å²) in [6.07, 6.45) is 2.42. The number of rotatable bonds is 2. The second-order valence-electron chi connectivity index (χ2n) is 3.87. The Kier molecular flexibility index (Phi) is 2.15. The summed E-state index contributed by atoms with van der Waals surface area (Å²) >= 11 is 12.1. The van der Waals surface area contributed by atoms with Crippen LogP contribution in [0.1, 0.15) is 24.7 Å². The molecule has 4 heteroatoms. The average Bonchev–Trinajstić information content (AvgIpc) is 2.99. The first-order chi connectivity index (χ1) is 7.31. The van der Waals surface area contributed by atoms with Crippen LogP contribution in [0.2, 0.25) is 5.02 Å². The van der Waals surface area contributed by atoms with Gasteiger partial charge < -0.3 is 4.57 Å². The first-order valence-corrected chi connectivity index (χ1v) is 5.94. The van der Waals surface area contributed by atoms with Gasteiger partial charge in [0.15, 0.2) is 0 Å². The molecule has 1 saturated carbocycles. The molecule has 15 heavy (non-hydrogen) atoms. The number of imidazole rings is 1. The number of alkyl halides is 1. The van der Waals surface area contributed by atoms with Gasteiger partial charge in [-0.3, -0.25) is 0 Å². The summed E-state index contributed by atoms with van der Waals surface area (Å²) in [7, 11) is 0. The van der Waals surface area contributed by atoms with Crippen molar-refractivity contribution in [2.45, 2.75) is 24.8 Å². The maximum absolute atomic E-state index is 6.20. The summed E-state index contributed by atoms with van der Waals surface area (Å²) in [4.78, 5) is 4.50. The molecule has 1 aromatic carbocycles. The number of fused-ring (bicyclic) bond motifs is 1. The Balaban J connectivity index is 2.35. The van der Waals surface area contributed by atoms with Crippen LogP contribution in [0, 0.1) is 0 Å². The molecule has 3 rings (SSSR count). The molecule has 1 aromatic heterocycles. The largest absolute Gasteiger partial charge is 0.323 e. The first kappa shape index (κ1) is 9.49. The highest BCUT2D eigenvalue weighted by molar-refractivity contribution is 6.35. The van der Waals surface area contributed by atoms with Crippen molar-refractivity contribution in [2.75, 3.05) is 0 Å². The third kappa shape index (κ3) is 1.44. The molecule has 0 spiro atoms. The minimum atomic E-state index is 0.446. The summed E-state index contributed by atoms with van der Waals surface area (Å²) in [6.45, 7) is 0. The molecule has 78 valence electrons. The Hall–Kier alpha value is -0.730. The third-order valence-electron chi connectivity index (χ3n) is 2.77. The lowest BCUT2D eigenvalue weighted by Gasteiger charge is -2.05. The van der Waals surface area contributed by atoms with Gasteiger partial charge in [-0.05, 0) is 25.0 Å². The lowest BCUT2D eigenvalue weighted by molar-refractivity contribution is 0.728. The Morgan fingerprint density at radius 1 is 1.40 bits per heavy atom. The molecular weight excluding hydrogens is 231 g/mol. The number of hydrogen-bond acceptors (Lipinski definition) is 1. The molecule has 0 unspecified atom stereocenters. The molecule has 1 fully saturated rings. The van der Waals surface area contributed by atoms with E-state index in [0.29, 0.717) is 11.9 Å². The van der Waals surface area contributed by atoms with E-state index in [1.54, 1.807) is 0 Å². The number of hydrogen-bond donors (Lipinski definition) is 0. The smallest absolute Gasteiger partial charge is 0.125 e. The van der Waals surface area contributed by atoms with Crippen molar-refractivity contribution in [3.05, 3.63) is 29.0 Å². The van der Waals surface area contributed by atoms with E-state index in [-0.39, 0.29) is 0 Å². The van der Waals surface area contributed by atoms with E-state index in [1.807, 2.05) is 18.2 Å². The van der Waals surface area contributed by atoms with E-state index in [1.165, 1.54) is 12.8 Å². The van der Waals surface area contributed by atoms with Gasteiger partial charge in [-0.15, -0.1) is 11.6 Å². The summed E-state index contributed by atoms with van der Waals surface area (Å²) < 4.78 is 2.20. The second kappa shape index (κ2) is 3.39. The summed E-state index contributed by atoms with van der Waals surface area (Å²) in [6, 6.07) is 6.37. The van der Waals surface area contributed by atoms with E-state index in [0.717, 1.165) is 21.9 Å². The van der Waals surface area contributed by atoms with Crippen molar-refractivity contribution in [1.82, 2.24) is 9.55 Å². The van der Waals surface area contributed by atoms with Crippen LogP contribution in [0.15, 0.2) is 18.2 Å². The van der Waals surface area contributed by atoms with Gasteiger partial charge in [0.05, 0.1) is 21.9 Å². The van der Waals surface area contributed by atoms with Crippen LogP contribution in [0.4, 0.5) is 0 Å². The fraction of sp³-hybridized carbons (Fsp3) is 0.364. The molecule has 0 bridgehead atoms. The zero-order valence-corrected chi connectivity index (χ0v) is 9.59. The maximum Gasteiger partial charge on any atom is 0.125 e. The van der Waals surface area contributed by atoms with Gasteiger partial charge in [-0.1, -0.05) is 17.7 Å². The van der Waals surface area contributed by atoms with E-state index in [4.69, 9.17) is 23.2 Å². The van der Waals surface area contributed by atoms with Crippen LogP contribution < -0.4 is 0 Å². The number of benzene rings is 1. The Morgan fingerprint density at radius 2 is 2.20 bits per heavy atom. The van der Waals surface area contributed by atoms with E-state index in [2.05, 4.69) is 9.55 Å². The third-order valence-corrected chi connectivity index (χ3v) is 3.31. The molecule has 0 saturated heterocycles. The highest BCUT2D eigenvalue weighted by atomic mass is 35.5. The standard InChI is InChI=1S/C11H10Cl2N2/c12-6-10-14-9-3-1-2-8(13)11(9)15(10)7-4-5-7/h1-3,7H,4-6H2. The fourth-order valence-corrected chi connectivity index (χ4v) is 2.42. The zero-order valence-electron chi connectivity index (χ0n) is 8.08. The van der Waals surface area contributed by atoms with E-state index >= 15 is 0 Å². The van der Waals surface area contributed by atoms with Crippen LogP contribution in [-0.2, 0) is 5.88 Å². The molecule has 0 aliphatic heterocycles. The second-order valence-corrected chi connectivity index (χ2v) is 4.54. The quantitative estimate of drug-likeness (QED) is 0.732. The normalized spacial score (nSPS) is 16.1. The average molecular weight is 241 g/mol. The number of nitrogens with zero attached hydrogens (tertiary/aromatic N) is 2. The first-order valence-electron chi connectivity index (χ1n) is 5.02. The highest BCUT2D eigenvalue weighted by Crippen LogP contribution is 2.40. The minimum absolute atomic E-state index is 0.446. The predicted molar refractivity (Wildman–Crippen MR) is 62.6 cm³/mol. The molecule has 1 heterocycles. The fourth-order valence-electron chi connectivity index (χ4n) is 1.97. The van der Waals surface area contributed by atoms with Crippen LogP contribution in [0.5, 0.6) is 0 Å². The van der Waals surface area contributed by atoms with Gasteiger partial charge in [-0.2, -0.15) is 0 Å². The highest BCUT2D eigenvalue weighted by Gasteiger charge is 2.28. The monoisotopic (exact) mass is 240 g/mol. The lowest BCUT2D eigenvalue weighted by atomic mass is 10.3. The summed E-state index contributed by atoms with van der Waals surface area (Å²) in [5.41, 5.74) is 1.99. The molecule has 0 amide bonds. The van der Waals surface area contributed by atoms with Crippen LogP contribution in [-0.4, -0.2) is 9.55 Å². The molecule has 2 nitrogen and oxygen atoms in total. The topological polar surface area (TPSA) is 17.8 Å². The van der Waals surface area contributed by atoms with E-state index in [9.17, 15) is 0 Å². The zero-order chi connectivity index (χ0) is 10.4. The van der Waals surface area contributed by atoms with Gasteiger partial charge in [-0.25, -0.2) is 4.98 Å². The minimum Gasteiger partial charge on any atom is -0.323 e. The van der Waals surface area contributed by atoms with Gasteiger partial charge in [0.1, 0.15) is 5.82 Å². The lowest BCUT2D eigenvalue weighted by Crippen LogP contribution is -1.99. The number of halogens is 2. The number of para-hydroxylation sites is 1. The van der Waals surface area contributed by atoms with Crippen LogP contribution in [0.25, 0.3) is 11.0 Å². The maximum atomic E-state index is 6.20. The molecule has 0 radical (unpaired) electrons. The van der Waals surface area contributed by atoms with Crippen LogP contribution >= 0.6 is 23.2 Å². The summed E-state index contributed by atoms with van der Waals surface area (Å²) in [5, 5.41) is 0.767. The van der Waals surface area contributed by atoms with Gasteiger partial charge >= 0.3 is 0 Å². The van der Waals surface area contributed by atoms with Crippen molar-refractivity contribution < 1.29 is 0 Å². The molecule has 0 N–H and O–H groups in total. The Labute approximate surface area is 97.8 Å². The summed E-state index contributed by atoms with van der Waals surface area (Å²) in [5.74, 6) is 1.38. The van der Waals surface area contributed by atoms with Gasteiger partial charge in [0.25, 0.3) is 0 Å². The van der Waals surface area contributed by atoms with Crippen molar-refractivity contribution in [1.29, 1.82) is 0 Å². The SMILES string of the molecule is ClCc1nc2cccc(Cl)c2n1C1CC1. The Morgan fingerprint density at radius 3 is 2.87 bits per heavy atom.